The van der Waals surface area contributed by atoms with E-state index in [0.717, 1.165) is 37.8 Å². The molecule has 2 aromatic rings. The number of hydrogen-bond donors (Lipinski definition) is 1. The molecule has 0 saturated carbocycles. The van der Waals surface area contributed by atoms with Crippen molar-refractivity contribution in [1.82, 2.24) is 34.8 Å². The molecule has 2 aromatic heterocycles. The molecule has 0 aromatic carbocycles. The van der Waals surface area contributed by atoms with Crippen molar-refractivity contribution < 1.29 is 0 Å². The van der Waals surface area contributed by atoms with E-state index in [1.807, 2.05) is 29.5 Å². The fourth-order valence-corrected chi connectivity index (χ4v) is 3.05. The van der Waals surface area contributed by atoms with Gasteiger partial charge in [0.05, 0.1) is 12.7 Å². The second kappa shape index (κ2) is 8.45. The molecule has 8 nitrogen and oxygen atoms in total. The fraction of sp³-hybridized carbons (Fsp3) is 0.600. The fourth-order valence-electron chi connectivity index (χ4n) is 3.05. The number of nitrogens with zero attached hydrogens (tertiary/aromatic N) is 7. The van der Waals surface area contributed by atoms with E-state index in [0.29, 0.717) is 12.5 Å². The van der Waals surface area contributed by atoms with Gasteiger partial charge >= 0.3 is 0 Å². The largest absolute Gasteiger partial charge is 0.349 e. The van der Waals surface area contributed by atoms with Crippen molar-refractivity contribution in [1.29, 1.82) is 0 Å². The minimum atomic E-state index is 0. The average molecular weight is 444 g/mol. The second-order valence-electron chi connectivity index (χ2n) is 5.81. The van der Waals surface area contributed by atoms with Crippen LogP contribution in [0, 0.1) is 0 Å². The van der Waals surface area contributed by atoms with E-state index in [4.69, 9.17) is 0 Å². The first-order valence-electron chi connectivity index (χ1n) is 8.02. The van der Waals surface area contributed by atoms with Crippen LogP contribution in [0.1, 0.15) is 30.7 Å². The average Bonchev–Trinajstić information content (AvgIpc) is 3.27. The van der Waals surface area contributed by atoms with Crippen molar-refractivity contribution >= 4 is 29.9 Å². The molecule has 1 saturated heterocycles. The van der Waals surface area contributed by atoms with Gasteiger partial charge < -0.3 is 14.8 Å². The van der Waals surface area contributed by atoms with Crippen molar-refractivity contribution in [2.45, 2.75) is 32.4 Å². The Kier molecular flexibility index (Phi) is 6.58. The van der Waals surface area contributed by atoms with Crippen LogP contribution in [0.25, 0.3) is 0 Å². The van der Waals surface area contributed by atoms with Crippen molar-refractivity contribution in [2.75, 3.05) is 20.1 Å². The summed E-state index contributed by atoms with van der Waals surface area (Å²) in [6.45, 7) is 5.55. The molecule has 0 aliphatic carbocycles. The summed E-state index contributed by atoms with van der Waals surface area (Å²) in [5.74, 6) is 2.36. The molecule has 0 bridgehead atoms. The highest BCUT2D eigenvalue weighted by Gasteiger charge is 2.26. The Morgan fingerprint density at radius 1 is 1.46 bits per heavy atom. The molecule has 9 heteroatoms. The van der Waals surface area contributed by atoms with Crippen LogP contribution in [0.3, 0.4) is 0 Å². The topological polar surface area (TPSA) is 76.2 Å². The smallest absolute Gasteiger partial charge is 0.194 e. The van der Waals surface area contributed by atoms with Crippen LogP contribution < -0.4 is 5.32 Å². The standard InChI is InChI=1S/C15H24N8.HI/c1-4-22-11-18-20-14(22)8-17-15(16-2)23-6-5-12(10-23)13-7-19-21(3)9-13;/h7,9,11-12H,4-6,8,10H2,1-3H3,(H,16,17);1H. The molecule has 132 valence electrons. The van der Waals surface area contributed by atoms with Crippen LogP contribution in [-0.2, 0) is 20.1 Å². The lowest BCUT2D eigenvalue weighted by molar-refractivity contribution is 0.482. The summed E-state index contributed by atoms with van der Waals surface area (Å²) in [5, 5.41) is 15.8. The van der Waals surface area contributed by atoms with Gasteiger partial charge in [0.2, 0.25) is 0 Å². The molecule has 0 amide bonds. The van der Waals surface area contributed by atoms with Gasteiger partial charge in [0, 0.05) is 45.8 Å². The summed E-state index contributed by atoms with van der Waals surface area (Å²) in [4.78, 5) is 6.71. The molecular formula is C15H25IN8. The molecular weight excluding hydrogens is 419 g/mol. The summed E-state index contributed by atoms with van der Waals surface area (Å²) < 4.78 is 3.89. The Balaban J connectivity index is 0.00000208. The third-order valence-corrected chi connectivity index (χ3v) is 4.34. The van der Waals surface area contributed by atoms with Gasteiger partial charge in [-0.1, -0.05) is 0 Å². The highest BCUT2D eigenvalue weighted by Crippen LogP contribution is 2.26. The summed E-state index contributed by atoms with van der Waals surface area (Å²) in [7, 11) is 3.78. The quantitative estimate of drug-likeness (QED) is 0.436. The third-order valence-electron chi connectivity index (χ3n) is 4.34. The van der Waals surface area contributed by atoms with E-state index in [-0.39, 0.29) is 24.0 Å². The molecule has 3 rings (SSSR count). The Hall–Kier alpha value is -1.65. The Morgan fingerprint density at radius 2 is 2.29 bits per heavy atom. The lowest BCUT2D eigenvalue weighted by Gasteiger charge is -2.21. The van der Waals surface area contributed by atoms with Gasteiger partial charge in [0.1, 0.15) is 6.33 Å². The number of nitrogens with one attached hydrogen (secondary N) is 1. The van der Waals surface area contributed by atoms with Crippen molar-refractivity contribution in [3.8, 4) is 0 Å². The summed E-state index contributed by atoms with van der Waals surface area (Å²) in [5.41, 5.74) is 1.30. The molecule has 0 spiro atoms. The lowest BCUT2D eigenvalue weighted by Crippen LogP contribution is -2.40. The minimum absolute atomic E-state index is 0. The molecule has 3 heterocycles. The number of aromatic nitrogens is 5. The number of guanidine groups is 1. The number of likely N-dealkylation sites (tertiary alicyclic amines) is 1. The number of aliphatic imine (C=N–C) groups is 1. The van der Waals surface area contributed by atoms with Gasteiger partial charge in [-0.05, 0) is 18.9 Å². The van der Waals surface area contributed by atoms with Gasteiger partial charge in [-0.2, -0.15) is 5.10 Å². The lowest BCUT2D eigenvalue weighted by atomic mass is 10.0. The van der Waals surface area contributed by atoms with Crippen LogP contribution in [0.2, 0.25) is 0 Å². The molecule has 1 aliphatic heterocycles. The van der Waals surface area contributed by atoms with Crippen molar-refractivity contribution in [3.63, 3.8) is 0 Å². The maximum Gasteiger partial charge on any atom is 0.194 e. The van der Waals surface area contributed by atoms with Gasteiger partial charge in [-0.3, -0.25) is 9.67 Å². The molecule has 0 radical (unpaired) electrons. The van der Waals surface area contributed by atoms with E-state index < -0.39 is 0 Å². The zero-order valence-corrected chi connectivity index (χ0v) is 16.7. The molecule has 1 N–H and O–H groups in total. The number of hydrogen-bond acceptors (Lipinski definition) is 4. The maximum atomic E-state index is 4.41. The van der Waals surface area contributed by atoms with Gasteiger partial charge in [0.15, 0.2) is 11.8 Å². The number of halogens is 1. The van der Waals surface area contributed by atoms with E-state index in [2.05, 4.69) is 43.6 Å². The van der Waals surface area contributed by atoms with Crippen LogP contribution in [0.4, 0.5) is 0 Å². The van der Waals surface area contributed by atoms with Crippen LogP contribution in [0.15, 0.2) is 23.7 Å². The number of rotatable bonds is 4. The summed E-state index contributed by atoms with van der Waals surface area (Å²) in [6.07, 6.45) is 6.95. The van der Waals surface area contributed by atoms with E-state index in [9.17, 15) is 0 Å². The first-order chi connectivity index (χ1) is 11.2. The third kappa shape index (κ3) is 4.05. The highest BCUT2D eigenvalue weighted by molar-refractivity contribution is 14.0. The Morgan fingerprint density at radius 3 is 2.96 bits per heavy atom. The zero-order valence-electron chi connectivity index (χ0n) is 14.4. The zero-order chi connectivity index (χ0) is 16.2. The van der Waals surface area contributed by atoms with Crippen molar-refractivity contribution in [3.05, 3.63) is 30.1 Å². The maximum absolute atomic E-state index is 4.41. The van der Waals surface area contributed by atoms with Crippen LogP contribution in [-0.4, -0.2) is 55.5 Å². The van der Waals surface area contributed by atoms with Gasteiger partial charge in [-0.15, -0.1) is 34.2 Å². The van der Waals surface area contributed by atoms with Gasteiger partial charge in [0.25, 0.3) is 0 Å². The normalized spacial score (nSPS) is 17.9. The SMILES string of the molecule is CCn1cnnc1CNC(=NC)N1CCC(c2cnn(C)c2)C1.I. The predicted octanol–water partition coefficient (Wildman–Crippen LogP) is 1.21. The first-order valence-corrected chi connectivity index (χ1v) is 8.02. The molecule has 1 fully saturated rings. The Bertz CT molecular complexity index is 677. The summed E-state index contributed by atoms with van der Waals surface area (Å²) >= 11 is 0. The predicted molar refractivity (Wildman–Crippen MR) is 103 cm³/mol. The van der Waals surface area contributed by atoms with Crippen LogP contribution in [0.5, 0.6) is 0 Å². The Labute approximate surface area is 159 Å². The van der Waals surface area contributed by atoms with Crippen LogP contribution >= 0.6 is 24.0 Å². The summed E-state index contributed by atoms with van der Waals surface area (Å²) in [6, 6.07) is 0. The van der Waals surface area contributed by atoms with E-state index in [1.165, 1.54) is 5.56 Å². The second-order valence-corrected chi connectivity index (χ2v) is 5.81. The first kappa shape index (κ1) is 18.7. The van der Waals surface area contributed by atoms with Gasteiger partial charge in [-0.25, -0.2) is 0 Å². The highest BCUT2D eigenvalue weighted by atomic mass is 127. The molecule has 1 aliphatic rings. The van der Waals surface area contributed by atoms with Crippen molar-refractivity contribution in [2.24, 2.45) is 12.0 Å². The van der Waals surface area contributed by atoms with E-state index >= 15 is 0 Å². The van der Waals surface area contributed by atoms with E-state index in [1.54, 1.807) is 6.33 Å². The monoisotopic (exact) mass is 444 g/mol. The molecule has 24 heavy (non-hydrogen) atoms. The molecule has 1 atom stereocenters. The number of aryl methyl sites for hydroxylation is 2. The minimum Gasteiger partial charge on any atom is -0.349 e. The molecule has 1 unspecified atom stereocenters.